The van der Waals surface area contributed by atoms with E-state index in [1.165, 1.54) is 24.3 Å². The van der Waals surface area contributed by atoms with Gasteiger partial charge in [-0.15, -0.1) is 0 Å². The van der Waals surface area contributed by atoms with E-state index in [4.69, 9.17) is 9.47 Å². The predicted molar refractivity (Wildman–Crippen MR) is 248 cm³/mol. The van der Waals surface area contributed by atoms with E-state index in [-0.39, 0.29) is 57.5 Å². The fourth-order valence-electron chi connectivity index (χ4n) is 12.0. The first-order valence-corrected chi connectivity index (χ1v) is 22.2. The van der Waals surface area contributed by atoms with Crippen LogP contribution in [0, 0.1) is 0 Å². The van der Waals surface area contributed by atoms with E-state index in [0.29, 0.717) is 78.3 Å². The van der Waals surface area contributed by atoms with Crippen LogP contribution in [0.25, 0.3) is 0 Å². The maximum absolute atomic E-state index is 12.5. The van der Waals surface area contributed by atoms with Crippen LogP contribution in [0.5, 0.6) is 69.0 Å². The van der Waals surface area contributed by atoms with Crippen molar-refractivity contribution in [2.45, 2.75) is 47.7 Å². The van der Waals surface area contributed by atoms with Gasteiger partial charge in [0, 0.05) is 70.2 Å². The van der Waals surface area contributed by atoms with Gasteiger partial charge in [0.15, 0.2) is 0 Å². The molecule has 12 rings (SSSR count). The SMILES string of the molecule is Oc1ccc([C@@H]2c3c(O)cc(O)cc3[C@@H]3c4c(cc(O)cc4C2C2c4cc(O)cc5c4[C@@H](c4cc(O)cc(O)c4[C@H]2c2ccc(O)cc2)[C@@H](c2ccc(O)cc2)O5)O[C@@H]3c2ccc(O)cc2)cc1. The Labute approximate surface area is 388 Å². The second-order valence-electron chi connectivity index (χ2n) is 18.2. The van der Waals surface area contributed by atoms with Gasteiger partial charge in [-0.05, 0) is 117 Å². The average Bonchev–Trinajstić information content (AvgIpc) is 3.81. The largest absolute Gasteiger partial charge is 0.508 e. The predicted octanol–water partition coefficient (Wildman–Crippen LogP) is 10.4. The minimum atomic E-state index is -0.918. The molecule has 2 unspecified atom stereocenters. The Morgan fingerprint density at radius 1 is 0.265 bits per heavy atom. The highest BCUT2D eigenvalue weighted by Crippen LogP contribution is 2.69. The second kappa shape index (κ2) is 14.9. The Balaban J connectivity index is 1.25. The van der Waals surface area contributed by atoms with Crippen LogP contribution in [0.2, 0.25) is 0 Å². The summed E-state index contributed by atoms with van der Waals surface area (Å²) in [4.78, 5) is 0. The van der Waals surface area contributed by atoms with Crippen molar-refractivity contribution in [1.29, 1.82) is 0 Å². The lowest BCUT2D eigenvalue weighted by molar-refractivity contribution is 0.221. The lowest BCUT2D eigenvalue weighted by Crippen LogP contribution is -2.26. The molecule has 8 aromatic carbocycles. The van der Waals surface area contributed by atoms with Crippen molar-refractivity contribution in [3.05, 3.63) is 212 Å². The van der Waals surface area contributed by atoms with Crippen molar-refractivity contribution in [3.8, 4) is 69.0 Å². The topological polar surface area (TPSA) is 221 Å². The monoisotopic (exact) mass is 906 g/mol. The molecule has 338 valence electrons. The van der Waals surface area contributed by atoms with Gasteiger partial charge < -0.3 is 60.5 Å². The molecule has 10 N–H and O–H groups in total. The first-order valence-electron chi connectivity index (χ1n) is 22.2. The third-order valence-electron chi connectivity index (χ3n) is 14.5. The smallest absolute Gasteiger partial charge is 0.135 e. The maximum Gasteiger partial charge on any atom is 0.135 e. The van der Waals surface area contributed by atoms with Crippen molar-refractivity contribution in [2.75, 3.05) is 0 Å². The summed E-state index contributed by atoms with van der Waals surface area (Å²) >= 11 is 0. The standard InChI is InChI=1S/C56H42O12/c57-29-9-1-25(2-10-29)45-47-37(17-33(61)21-41(47)65)53-49-39(19-35(63)23-43(49)67-55(53)27-5-13-31(59)14-6-27)51(45)52-40-20-36(64)24-44-50(40)54(56(68-44)28-7-15-32(60)16-8-28)38-18-34(62)22-42(66)48(38)46(52)26-3-11-30(58)12-4-26/h1-24,45-46,51-66H/t45-,46-,51?,52?,53-,54-,55-,56-/m1/s1. The molecule has 2 aliphatic heterocycles. The van der Waals surface area contributed by atoms with E-state index in [2.05, 4.69) is 0 Å². The van der Waals surface area contributed by atoms with Crippen LogP contribution in [-0.4, -0.2) is 51.1 Å². The van der Waals surface area contributed by atoms with Crippen LogP contribution in [0.1, 0.15) is 114 Å². The Hall–Kier alpha value is -8.64. The lowest BCUT2D eigenvalue weighted by Gasteiger charge is -2.40. The molecule has 0 aromatic heterocycles. The summed E-state index contributed by atoms with van der Waals surface area (Å²) < 4.78 is 13.7. The second-order valence-corrected chi connectivity index (χ2v) is 18.2. The van der Waals surface area contributed by atoms with Gasteiger partial charge in [0.05, 0.1) is 11.8 Å². The molecule has 0 saturated heterocycles. The molecule has 0 saturated carbocycles. The Morgan fingerprint density at radius 3 is 0.897 bits per heavy atom. The van der Waals surface area contributed by atoms with Crippen LogP contribution in [-0.2, 0) is 0 Å². The van der Waals surface area contributed by atoms with E-state index in [0.717, 1.165) is 0 Å². The Morgan fingerprint density at radius 2 is 0.559 bits per heavy atom. The fraction of sp³-hybridized carbons (Fsp3) is 0.143. The number of benzene rings is 8. The first-order chi connectivity index (χ1) is 32.8. The highest BCUT2D eigenvalue weighted by molar-refractivity contribution is 5.71. The van der Waals surface area contributed by atoms with Crippen LogP contribution in [0.15, 0.2) is 146 Å². The molecular formula is C56H42O12. The van der Waals surface area contributed by atoms with Gasteiger partial charge in [-0.3, -0.25) is 0 Å². The van der Waals surface area contributed by atoms with Gasteiger partial charge in [0.25, 0.3) is 0 Å². The van der Waals surface area contributed by atoms with Crippen molar-refractivity contribution in [2.24, 2.45) is 0 Å². The Bertz CT molecular complexity index is 3110. The molecule has 2 aliphatic carbocycles. The zero-order chi connectivity index (χ0) is 46.9. The molecule has 0 spiro atoms. The minimum absolute atomic E-state index is 0.0182. The van der Waals surface area contributed by atoms with Gasteiger partial charge in [-0.2, -0.15) is 0 Å². The number of ether oxygens (including phenoxy) is 2. The fourth-order valence-corrected chi connectivity index (χ4v) is 12.0. The molecule has 8 atom stereocenters. The zero-order valence-electron chi connectivity index (χ0n) is 35.8. The van der Waals surface area contributed by atoms with Gasteiger partial charge in [0.1, 0.15) is 81.2 Å². The summed E-state index contributed by atoms with van der Waals surface area (Å²) in [5.41, 5.74) is 6.75. The summed E-state index contributed by atoms with van der Waals surface area (Å²) in [6, 6.07) is 38.4. The number of fused-ring (bicyclic) bond motifs is 4. The van der Waals surface area contributed by atoms with Crippen LogP contribution >= 0.6 is 0 Å². The van der Waals surface area contributed by atoms with Crippen molar-refractivity contribution >= 4 is 0 Å². The van der Waals surface area contributed by atoms with Gasteiger partial charge in [0.2, 0.25) is 0 Å². The molecule has 8 aromatic rings. The third-order valence-corrected chi connectivity index (χ3v) is 14.5. The van der Waals surface area contributed by atoms with E-state index < -0.39 is 47.7 Å². The number of aromatic hydroxyl groups is 10. The third kappa shape index (κ3) is 6.20. The van der Waals surface area contributed by atoms with E-state index in [9.17, 15) is 51.1 Å². The van der Waals surface area contributed by atoms with Crippen LogP contribution in [0.4, 0.5) is 0 Å². The molecule has 0 fully saturated rings. The molecule has 0 radical (unpaired) electrons. The average molecular weight is 907 g/mol. The first kappa shape index (κ1) is 40.8. The molecule has 68 heavy (non-hydrogen) atoms. The van der Waals surface area contributed by atoms with E-state index >= 15 is 0 Å². The molecule has 2 heterocycles. The lowest BCUT2D eigenvalue weighted by atomic mass is 9.62. The van der Waals surface area contributed by atoms with Crippen molar-refractivity contribution in [1.82, 2.24) is 0 Å². The van der Waals surface area contributed by atoms with E-state index in [1.54, 1.807) is 121 Å². The molecule has 0 bridgehead atoms. The number of hydrogen-bond acceptors (Lipinski definition) is 12. The maximum atomic E-state index is 12.5. The van der Waals surface area contributed by atoms with Crippen molar-refractivity contribution in [3.63, 3.8) is 0 Å². The summed E-state index contributed by atoms with van der Waals surface area (Å²) in [5, 5.41) is 114. The highest BCUT2D eigenvalue weighted by atomic mass is 16.5. The van der Waals surface area contributed by atoms with Crippen LogP contribution in [0.3, 0.4) is 0 Å². The normalized spacial score (nSPS) is 22.6. The number of phenolic OH excluding ortho intramolecular Hbond substituents is 10. The summed E-state index contributed by atoms with van der Waals surface area (Å²) in [5.74, 6) is -5.69. The number of phenols is 10. The minimum Gasteiger partial charge on any atom is -0.508 e. The highest BCUT2D eigenvalue weighted by Gasteiger charge is 2.55. The quantitative estimate of drug-likeness (QED) is 0.0780. The molecule has 12 heteroatoms. The number of hydrogen-bond donors (Lipinski definition) is 10. The number of rotatable bonds is 5. The zero-order valence-corrected chi connectivity index (χ0v) is 35.8. The van der Waals surface area contributed by atoms with Gasteiger partial charge >= 0.3 is 0 Å². The molecular weight excluding hydrogens is 865 g/mol. The summed E-state index contributed by atoms with van der Waals surface area (Å²) in [7, 11) is 0. The van der Waals surface area contributed by atoms with Crippen molar-refractivity contribution < 1.29 is 60.5 Å². The molecule has 12 nitrogen and oxygen atoms in total. The van der Waals surface area contributed by atoms with Crippen LogP contribution < -0.4 is 9.47 Å². The molecule has 4 aliphatic rings. The summed E-state index contributed by atoms with van der Waals surface area (Å²) in [6.07, 6.45) is -1.62. The molecule has 0 amide bonds. The van der Waals surface area contributed by atoms with E-state index in [1.807, 2.05) is 0 Å². The van der Waals surface area contributed by atoms with Gasteiger partial charge in [-0.25, -0.2) is 0 Å². The van der Waals surface area contributed by atoms with Gasteiger partial charge in [-0.1, -0.05) is 48.5 Å². The summed E-state index contributed by atoms with van der Waals surface area (Å²) in [6.45, 7) is 0. The Kier molecular flexibility index (Phi) is 8.97.